The van der Waals surface area contributed by atoms with Crippen molar-refractivity contribution >= 4 is 11.6 Å². The summed E-state index contributed by atoms with van der Waals surface area (Å²) >= 11 is 0. The first-order valence-electron chi connectivity index (χ1n) is 5.67. The summed E-state index contributed by atoms with van der Waals surface area (Å²) in [4.78, 5) is 10.3. The van der Waals surface area contributed by atoms with Crippen LogP contribution in [0.2, 0.25) is 0 Å². The maximum Gasteiger partial charge on any atom is 0.149 e. The van der Waals surface area contributed by atoms with Gasteiger partial charge in [-0.3, -0.25) is 4.98 Å². The van der Waals surface area contributed by atoms with E-state index in [1.54, 1.807) is 6.20 Å². The molecule has 5 nitrogen and oxygen atoms in total. The highest BCUT2D eigenvalue weighted by Crippen LogP contribution is 2.17. The van der Waals surface area contributed by atoms with E-state index in [1.807, 2.05) is 0 Å². The van der Waals surface area contributed by atoms with Gasteiger partial charge in [0.15, 0.2) is 0 Å². The molecule has 3 N–H and O–H groups in total. The second kappa shape index (κ2) is 6.27. The Morgan fingerprint density at radius 2 is 2.06 bits per heavy atom. The lowest BCUT2D eigenvalue weighted by atomic mass is 10.1. The Balaban J connectivity index is 2.91. The number of nitrogens with two attached hydrogens (primary N) is 1. The van der Waals surface area contributed by atoms with Crippen molar-refractivity contribution in [3.05, 3.63) is 12.4 Å². The summed E-state index contributed by atoms with van der Waals surface area (Å²) in [6, 6.07) is 0.364. The van der Waals surface area contributed by atoms with Crippen molar-refractivity contribution in [1.82, 2.24) is 9.97 Å². The van der Waals surface area contributed by atoms with Crippen LogP contribution in [0.4, 0.5) is 11.6 Å². The first kappa shape index (κ1) is 12.7. The quantitative estimate of drug-likeness (QED) is 0.755. The zero-order chi connectivity index (χ0) is 12.0. The molecule has 0 radical (unpaired) electrons. The number of rotatable bonds is 6. The molecular formula is C11H20N4O. The molecule has 0 fully saturated rings. The number of hydrogen-bond donors (Lipinski definition) is 2. The molecule has 0 atom stereocenters. The molecular weight excluding hydrogens is 204 g/mol. The number of aliphatic hydroxyl groups is 1. The fourth-order valence-corrected chi connectivity index (χ4v) is 1.83. The summed E-state index contributed by atoms with van der Waals surface area (Å²) in [6.45, 7) is 4.91. The van der Waals surface area contributed by atoms with E-state index in [4.69, 9.17) is 10.8 Å². The van der Waals surface area contributed by atoms with E-state index in [1.165, 1.54) is 6.20 Å². The number of aromatic nitrogens is 2. The molecule has 0 saturated heterocycles. The lowest BCUT2D eigenvalue weighted by Gasteiger charge is -2.30. The highest BCUT2D eigenvalue weighted by Gasteiger charge is 2.16. The van der Waals surface area contributed by atoms with Gasteiger partial charge in [-0.2, -0.15) is 0 Å². The normalized spacial score (nSPS) is 10.8. The molecule has 5 heteroatoms. The van der Waals surface area contributed by atoms with Crippen LogP contribution >= 0.6 is 0 Å². The molecule has 0 aliphatic carbocycles. The topological polar surface area (TPSA) is 75.3 Å². The molecule has 0 spiro atoms. The Kier molecular flexibility index (Phi) is 4.98. The SMILES string of the molecule is CCC(CC)N(CCO)c1cncc(N)n1. The largest absolute Gasteiger partial charge is 0.395 e. The molecule has 1 rings (SSSR count). The van der Waals surface area contributed by atoms with Gasteiger partial charge in [-0.1, -0.05) is 13.8 Å². The van der Waals surface area contributed by atoms with Gasteiger partial charge in [0.2, 0.25) is 0 Å². The maximum atomic E-state index is 9.09. The van der Waals surface area contributed by atoms with E-state index in [2.05, 4.69) is 28.7 Å². The average molecular weight is 224 g/mol. The minimum atomic E-state index is 0.104. The summed E-state index contributed by atoms with van der Waals surface area (Å²) < 4.78 is 0. The van der Waals surface area contributed by atoms with Crippen molar-refractivity contribution < 1.29 is 5.11 Å². The van der Waals surface area contributed by atoms with Crippen molar-refractivity contribution in [3.63, 3.8) is 0 Å². The first-order valence-corrected chi connectivity index (χ1v) is 5.67. The molecule has 0 aromatic carbocycles. The standard InChI is InChI=1S/C11H20N4O/c1-3-9(4-2)15(5-6-16)11-8-13-7-10(12)14-11/h7-9,16H,3-6H2,1-2H3,(H2,12,14). The van der Waals surface area contributed by atoms with E-state index >= 15 is 0 Å². The summed E-state index contributed by atoms with van der Waals surface area (Å²) in [5.74, 6) is 1.15. The smallest absolute Gasteiger partial charge is 0.149 e. The molecule has 0 aliphatic heterocycles. The minimum absolute atomic E-state index is 0.104. The molecule has 16 heavy (non-hydrogen) atoms. The highest BCUT2D eigenvalue weighted by atomic mass is 16.3. The van der Waals surface area contributed by atoms with Gasteiger partial charge >= 0.3 is 0 Å². The number of anilines is 2. The van der Waals surface area contributed by atoms with Gasteiger partial charge in [0.05, 0.1) is 19.0 Å². The summed E-state index contributed by atoms with van der Waals surface area (Å²) in [6.07, 6.45) is 5.22. The molecule has 0 bridgehead atoms. The molecule has 0 amide bonds. The van der Waals surface area contributed by atoms with E-state index in [0.717, 1.165) is 18.7 Å². The van der Waals surface area contributed by atoms with Crippen LogP contribution in [-0.2, 0) is 0 Å². The molecule has 0 unspecified atom stereocenters. The molecule has 1 aromatic heterocycles. The van der Waals surface area contributed by atoms with Gasteiger partial charge in [-0.25, -0.2) is 4.98 Å². The monoisotopic (exact) mass is 224 g/mol. The van der Waals surface area contributed by atoms with Crippen molar-refractivity contribution in [2.75, 3.05) is 23.8 Å². The van der Waals surface area contributed by atoms with Gasteiger partial charge < -0.3 is 15.7 Å². The number of nitrogen functional groups attached to an aromatic ring is 1. The third kappa shape index (κ3) is 3.06. The van der Waals surface area contributed by atoms with Crippen LogP contribution in [0.25, 0.3) is 0 Å². The van der Waals surface area contributed by atoms with Crippen molar-refractivity contribution in [2.45, 2.75) is 32.7 Å². The first-order chi connectivity index (χ1) is 7.72. The maximum absolute atomic E-state index is 9.09. The van der Waals surface area contributed by atoms with Gasteiger partial charge in [0.25, 0.3) is 0 Å². The Morgan fingerprint density at radius 3 is 2.56 bits per heavy atom. The minimum Gasteiger partial charge on any atom is -0.395 e. The number of hydrogen-bond acceptors (Lipinski definition) is 5. The molecule has 90 valence electrons. The summed E-state index contributed by atoms with van der Waals surface area (Å²) in [7, 11) is 0. The molecule has 1 aromatic rings. The molecule has 0 aliphatic rings. The number of nitrogens with zero attached hydrogens (tertiary/aromatic N) is 3. The van der Waals surface area contributed by atoms with Crippen molar-refractivity contribution in [2.24, 2.45) is 0 Å². The van der Waals surface area contributed by atoms with Gasteiger partial charge in [-0.15, -0.1) is 0 Å². The average Bonchev–Trinajstić information content (AvgIpc) is 2.29. The Bertz CT molecular complexity index is 315. The van der Waals surface area contributed by atoms with Crippen LogP contribution in [0, 0.1) is 0 Å². The predicted octanol–water partition coefficient (Wildman–Crippen LogP) is 1.05. The van der Waals surface area contributed by atoms with E-state index in [-0.39, 0.29) is 6.61 Å². The van der Waals surface area contributed by atoms with Crippen LogP contribution in [0.5, 0.6) is 0 Å². The van der Waals surface area contributed by atoms with Crippen LogP contribution in [0.3, 0.4) is 0 Å². The predicted molar refractivity (Wildman–Crippen MR) is 65.2 cm³/mol. The van der Waals surface area contributed by atoms with Crippen LogP contribution in [0.1, 0.15) is 26.7 Å². The Hall–Kier alpha value is -1.36. The third-order valence-corrected chi connectivity index (χ3v) is 2.66. The second-order valence-corrected chi connectivity index (χ2v) is 3.69. The van der Waals surface area contributed by atoms with E-state index < -0.39 is 0 Å². The molecule has 1 heterocycles. The Labute approximate surface area is 96.3 Å². The zero-order valence-electron chi connectivity index (χ0n) is 9.93. The summed E-state index contributed by atoms with van der Waals surface area (Å²) in [5, 5.41) is 9.09. The highest BCUT2D eigenvalue weighted by molar-refractivity contribution is 5.42. The lowest BCUT2D eigenvalue weighted by Crippen LogP contribution is -2.37. The van der Waals surface area contributed by atoms with Crippen LogP contribution in [-0.4, -0.2) is 34.3 Å². The fraction of sp³-hybridized carbons (Fsp3) is 0.636. The van der Waals surface area contributed by atoms with Gasteiger partial charge in [0.1, 0.15) is 11.6 Å². The second-order valence-electron chi connectivity index (χ2n) is 3.69. The van der Waals surface area contributed by atoms with Crippen molar-refractivity contribution in [3.8, 4) is 0 Å². The Morgan fingerprint density at radius 1 is 1.38 bits per heavy atom. The summed E-state index contributed by atoms with van der Waals surface area (Å²) in [5.41, 5.74) is 5.61. The van der Waals surface area contributed by atoms with Crippen LogP contribution in [0.15, 0.2) is 12.4 Å². The van der Waals surface area contributed by atoms with Crippen LogP contribution < -0.4 is 10.6 Å². The lowest BCUT2D eigenvalue weighted by molar-refractivity contribution is 0.295. The fourth-order valence-electron chi connectivity index (χ4n) is 1.83. The number of aliphatic hydroxyl groups excluding tert-OH is 1. The van der Waals surface area contributed by atoms with E-state index in [9.17, 15) is 0 Å². The van der Waals surface area contributed by atoms with Gasteiger partial charge in [-0.05, 0) is 12.8 Å². The van der Waals surface area contributed by atoms with Crippen molar-refractivity contribution in [1.29, 1.82) is 0 Å². The third-order valence-electron chi connectivity index (χ3n) is 2.66. The van der Waals surface area contributed by atoms with E-state index in [0.29, 0.717) is 18.4 Å². The zero-order valence-corrected chi connectivity index (χ0v) is 9.93. The molecule has 0 saturated carbocycles. The van der Waals surface area contributed by atoms with Gasteiger partial charge in [0, 0.05) is 12.6 Å².